The Morgan fingerprint density at radius 1 is 1.64 bits per heavy atom. The predicted octanol–water partition coefficient (Wildman–Crippen LogP) is 1.33. The molecule has 0 aromatic carbocycles. The zero-order valence-electron chi connectivity index (χ0n) is 8.62. The quantitative estimate of drug-likeness (QED) is 0.588. The Kier molecular flexibility index (Phi) is 2.32. The summed E-state index contributed by atoms with van der Waals surface area (Å²) >= 11 is 0. The summed E-state index contributed by atoms with van der Waals surface area (Å²) in [5.74, 6) is -0.215. The Balaban J connectivity index is 2.14. The molecule has 0 saturated carbocycles. The highest BCUT2D eigenvalue weighted by Crippen LogP contribution is 2.32. The second-order valence-corrected chi connectivity index (χ2v) is 3.84. The molecular weight excluding hydrogens is 178 g/mol. The Morgan fingerprint density at radius 3 is 3.14 bits per heavy atom. The van der Waals surface area contributed by atoms with Gasteiger partial charge in [-0.2, -0.15) is 0 Å². The molecule has 2 rings (SSSR count). The van der Waals surface area contributed by atoms with Crippen molar-refractivity contribution in [3.63, 3.8) is 0 Å². The van der Waals surface area contributed by atoms with E-state index in [-0.39, 0.29) is 11.9 Å². The first kappa shape index (κ1) is 9.31. The zero-order chi connectivity index (χ0) is 10.1. The van der Waals surface area contributed by atoms with Gasteiger partial charge in [-0.3, -0.25) is 4.79 Å². The Morgan fingerprint density at radius 2 is 2.43 bits per heavy atom. The normalized spacial score (nSPS) is 25.3. The van der Waals surface area contributed by atoms with E-state index in [2.05, 4.69) is 18.0 Å². The maximum absolute atomic E-state index is 11.3. The van der Waals surface area contributed by atoms with Crippen LogP contribution in [-0.4, -0.2) is 31.6 Å². The van der Waals surface area contributed by atoms with Crippen LogP contribution in [0.15, 0.2) is 23.4 Å². The third-order valence-electron chi connectivity index (χ3n) is 2.99. The number of ether oxygens (including phenoxy) is 1. The van der Waals surface area contributed by atoms with Gasteiger partial charge in [-0.1, -0.05) is 12.2 Å². The molecule has 2 aliphatic rings. The summed E-state index contributed by atoms with van der Waals surface area (Å²) in [4.78, 5) is 13.6. The monoisotopic (exact) mass is 193 g/mol. The van der Waals surface area contributed by atoms with Crippen molar-refractivity contribution in [3.8, 4) is 0 Å². The molecule has 0 spiro atoms. The van der Waals surface area contributed by atoms with E-state index in [0.717, 1.165) is 19.4 Å². The van der Waals surface area contributed by atoms with Crippen molar-refractivity contribution in [1.29, 1.82) is 0 Å². The van der Waals surface area contributed by atoms with Gasteiger partial charge in [-0.05, 0) is 12.0 Å². The van der Waals surface area contributed by atoms with Crippen LogP contribution in [0.4, 0.5) is 0 Å². The fraction of sp³-hybridized carbons (Fsp3) is 0.545. The molecular formula is C11H15NO2. The minimum Gasteiger partial charge on any atom is -0.469 e. The standard InChI is InChI=1S/C11H15NO2/c1-12-6-5-8-3-4-9(7-10(8)12)11(13)14-2/h3-4,9H,5-7H2,1-2H3. The number of allylic oxidation sites excluding steroid dienone is 2. The smallest absolute Gasteiger partial charge is 0.312 e. The molecule has 0 saturated heterocycles. The molecule has 3 nitrogen and oxygen atoms in total. The third-order valence-corrected chi connectivity index (χ3v) is 2.99. The number of rotatable bonds is 1. The maximum Gasteiger partial charge on any atom is 0.312 e. The molecule has 3 heteroatoms. The summed E-state index contributed by atoms with van der Waals surface area (Å²) in [7, 11) is 3.52. The lowest BCUT2D eigenvalue weighted by Crippen LogP contribution is -2.21. The highest BCUT2D eigenvalue weighted by atomic mass is 16.5. The molecule has 1 atom stereocenters. The van der Waals surface area contributed by atoms with E-state index in [9.17, 15) is 4.79 Å². The van der Waals surface area contributed by atoms with Gasteiger partial charge in [0.2, 0.25) is 0 Å². The van der Waals surface area contributed by atoms with E-state index in [0.29, 0.717) is 0 Å². The molecule has 1 aliphatic heterocycles. The fourth-order valence-corrected chi connectivity index (χ4v) is 2.10. The molecule has 14 heavy (non-hydrogen) atoms. The van der Waals surface area contributed by atoms with Crippen molar-refractivity contribution >= 4 is 5.97 Å². The SMILES string of the molecule is COC(=O)C1C=CC2=C(C1)N(C)CC2. The van der Waals surface area contributed by atoms with E-state index >= 15 is 0 Å². The summed E-state index contributed by atoms with van der Waals surface area (Å²) in [5, 5.41) is 0. The molecule has 1 unspecified atom stereocenters. The highest BCUT2D eigenvalue weighted by Gasteiger charge is 2.27. The van der Waals surface area contributed by atoms with Crippen molar-refractivity contribution in [3.05, 3.63) is 23.4 Å². The molecule has 0 amide bonds. The lowest BCUT2D eigenvalue weighted by molar-refractivity contribution is -0.143. The molecule has 0 radical (unpaired) electrons. The van der Waals surface area contributed by atoms with E-state index in [1.807, 2.05) is 6.08 Å². The Labute approximate surface area is 84.0 Å². The average molecular weight is 193 g/mol. The van der Waals surface area contributed by atoms with Gasteiger partial charge in [-0.25, -0.2) is 0 Å². The first-order valence-corrected chi connectivity index (χ1v) is 4.91. The molecule has 0 fully saturated rings. The van der Waals surface area contributed by atoms with Crippen LogP contribution in [0.3, 0.4) is 0 Å². The number of hydrogen-bond donors (Lipinski definition) is 0. The second-order valence-electron chi connectivity index (χ2n) is 3.84. The first-order chi connectivity index (χ1) is 6.72. The number of esters is 1. The molecule has 1 aliphatic carbocycles. The Hall–Kier alpha value is -1.25. The lowest BCUT2D eigenvalue weighted by Gasteiger charge is -2.22. The minimum atomic E-state index is -0.131. The largest absolute Gasteiger partial charge is 0.469 e. The molecule has 0 aromatic heterocycles. The van der Waals surface area contributed by atoms with Crippen molar-refractivity contribution < 1.29 is 9.53 Å². The van der Waals surface area contributed by atoms with E-state index in [4.69, 9.17) is 4.74 Å². The van der Waals surface area contributed by atoms with Crippen LogP contribution in [0, 0.1) is 5.92 Å². The van der Waals surface area contributed by atoms with E-state index in [1.165, 1.54) is 18.4 Å². The van der Waals surface area contributed by atoms with Crippen molar-refractivity contribution in [2.75, 3.05) is 20.7 Å². The molecule has 1 heterocycles. The number of carbonyl (C=O) groups excluding carboxylic acids is 1. The van der Waals surface area contributed by atoms with Crippen molar-refractivity contribution in [2.24, 2.45) is 5.92 Å². The van der Waals surface area contributed by atoms with Crippen LogP contribution < -0.4 is 0 Å². The first-order valence-electron chi connectivity index (χ1n) is 4.91. The predicted molar refractivity (Wildman–Crippen MR) is 53.5 cm³/mol. The Bertz CT molecular complexity index is 317. The van der Waals surface area contributed by atoms with Crippen molar-refractivity contribution in [2.45, 2.75) is 12.8 Å². The number of hydrogen-bond acceptors (Lipinski definition) is 3. The van der Waals surface area contributed by atoms with E-state index in [1.54, 1.807) is 0 Å². The van der Waals surface area contributed by atoms with Crippen LogP contribution in [0.1, 0.15) is 12.8 Å². The summed E-state index contributed by atoms with van der Waals surface area (Å²) in [6.07, 6.45) is 5.94. The van der Waals surface area contributed by atoms with Gasteiger partial charge in [0.1, 0.15) is 0 Å². The minimum absolute atomic E-state index is 0.0840. The summed E-state index contributed by atoms with van der Waals surface area (Å²) in [6.45, 7) is 1.07. The van der Waals surface area contributed by atoms with Gasteiger partial charge < -0.3 is 9.64 Å². The second kappa shape index (κ2) is 3.48. The van der Waals surface area contributed by atoms with Crippen LogP contribution in [0.25, 0.3) is 0 Å². The molecule has 0 N–H and O–H groups in total. The van der Waals surface area contributed by atoms with Gasteiger partial charge in [0.15, 0.2) is 0 Å². The van der Waals surface area contributed by atoms with Crippen molar-refractivity contribution in [1.82, 2.24) is 4.90 Å². The highest BCUT2D eigenvalue weighted by molar-refractivity contribution is 5.75. The van der Waals surface area contributed by atoms with Crippen LogP contribution >= 0.6 is 0 Å². The average Bonchev–Trinajstić information content (AvgIpc) is 2.59. The van der Waals surface area contributed by atoms with E-state index < -0.39 is 0 Å². The van der Waals surface area contributed by atoms with Crippen LogP contribution in [-0.2, 0) is 9.53 Å². The van der Waals surface area contributed by atoms with Gasteiger partial charge in [0, 0.05) is 25.7 Å². The van der Waals surface area contributed by atoms with Gasteiger partial charge in [-0.15, -0.1) is 0 Å². The fourth-order valence-electron chi connectivity index (χ4n) is 2.10. The molecule has 0 aromatic rings. The van der Waals surface area contributed by atoms with Gasteiger partial charge in [0.25, 0.3) is 0 Å². The number of methoxy groups -OCH3 is 1. The molecule has 0 bridgehead atoms. The number of nitrogens with zero attached hydrogens (tertiary/aromatic N) is 1. The summed E-state index contributed by atoms with van der Waals surface area (Å²) < 4.78 is 4.74. The van der Waals surface area contributed by atoms with Gasteiger partial charge >= 0.3 is 5.97 Å². The topological polar surface area (TPSA) is 29.5 Å². The summed E-state index contributed by atoms with van der Waals surface area (Å²) in [5.41, 5.74) is 2.69. The molecule has 76 valence electrons. The summed E-state index contributed by atoms with van der Waals surface area (Å²) in [6, 6.07) is 0. The maximum atomic E-state index is 11.3. The zero-order valence-corrected chi connectivity index (χ0v) is 8.62. The van der Waals surface area contributed by atoms with Crippen LogP contribution in [0.5, 0.6) is 0 Å². The lowest BCUT2D eigenvalue weighted by atomic mass is 9.94. The third kappa shape index (κ3) is 1.43. The number of carbonyl (C=O) groups is 1. The van der Waals surface area contributed by atoms with Gasteiger partial charge in [0.05, 0.1) is 13.0 Å². The van der Waals surface area contributed by atoms with Crippen LogP contribution in [0.2, 0.25) is 0 Å².